The summed E-state index contributed by atoms with van der Waals surface area (Å²) in [7, 11) is 0. The molecule has 274 valence electrons. The minimum atomic E-state index is -1.57. The van der Waals surface area contributed by atoms with E-state index in [1.807, 2.05) is 6.08 Å². The molecule has 0 aliphatic carbocycles. The first-order valence-corrected chi connectivity index (χ1v) is 18.7. The van der Waals surface area contributed by atoms with Crippen LogP contribution < -0.4 is 5.32 Å². The van der Waals surface area contributed by atoms with E-state index in [1.165, 1.54) is 83.5 Å². The van der Waals surface area contributed by atoms with Crippen LogP contribution >= 0.6 is 0 Å². The Bertz CT molecular complexity index is 833. The molecule has 9 nitrogen and oxygen atoms in total. The van der Waals surface area contributed by atoms with E-state index in [0.717, 1.165) is 32.1 Å². The first-order chi connectivity index (χ1) is 22.8. The lowest BCUT2D eigenvalue weighted by molar-refractivity contribution is -0.302. The van der Waals surface area contributed by atoms with Gasteiger partial charge in [-0.15, -0.1) is 0 Å². The van der Waals surface area contributed by atoms with E-state index in [4.69, 9.17) is 9.47 Å². The number of unbranched alkanes of at least 4 members (excludes halogenated alkanes) is 15. The van der Waals surface area contributed by atoms with Crippen molar-refractivity contribution in [3.63, 3.8) is 0 Å². The van der Waals surface area contributed by atoms with Crippen LogP contribution in [0.25, 0.3) is 0 Å². The third-order valence-electron chi connectivity index (χ3n) is 8.69. The Hall–Kier alpha value is -1.59. The zero-order valence-electron chi connectivity index (χ0n) is 29.5. The van der Waals surface area contributed by atoms with Gasteiger partial charge in [0.2, 0.25) is 5.91 Å². The zero-order chi connectivity index (χ0) is 34.5. The van der Waals surface area contributed by atoms with Crippen molar-refractivity contribution >= 4 is 5.91 Å². The summed E-state index contributed by atoms with van der Waals surface area (Å²) in [6.45, 7) is 3.66. The molecule has 1 rings (SSSR count). The molecular weight excluding hydrogens is 598 g/mol. The van der Waals surface area contributed by atoms with Gasteiger partial charge in [0.05, 0.1) is 25.4 Å². The Morgan fingerprint density at radius 3 is 1.81 bits per heavy atom. The first kappa shape index (κ1) is 43.4. The van der Waals surface area contributed by atoms with E-state index in [0.29, 0.717) is 6.42 Å². The number of aliphatic hydroxyl groups excluding tert-OH is 5. The van der Waals surface area contributed by atoms with Gasteiger partial charge in [-0.05, 0) is 51.4 Å². The molecule has 0 saturated carbocycles. The predicted molar refractivity (Wildman–Crippen MR) is 189 cm³/mol. The quantitative estimate of drug-likeness (QED) is 0.0411. The SMILES string of the molecule is CCCCCC/C=C\CCCC(=O)NC(COC1OC(CO)C(O)C(O)C1O)C(O)/C=C/CC/C=C/CCCCCCCCCCC. The minimum Gasteiger partial charge on any atom is -0.394 e. The summed E-state index contributed by atoms with van der Waals surface area (Å²) in [5, 5.41) is 53.7. The summed E-state index contributed by atoms with van der Waals surface area (Å²) < 4.78 is 11.1. The first-order valence-electron chi connectivity index (χ1n) is 18.7. The van der Waals surface area contributed by atoms with E-state index in [-0.39, 0.29) is 18.9 Å². The highest BCUT2D eigenvalue weighted by Crippen LogP contribution is 2.22. The summed E-state index contributed by atoms with van der Waals surface area (Å²) in [5.74, 6) is -0.226. The molecule has 1 saturated heterocycles. The van der Waals surface area contributed by atoms with Crippen LogP contribution in [0.1, 0.15) is 142 Å². The van der Waals surface area contributed by atoms with Crippen LogP contribution in [-0.2, 0) is 14.3 Å². The molecule has 7 unspecified atom stereocenters. The lowest BCUT2D eigenvalue weighted by atomic mass is 9.99. The van der Waals surface area contributed by atoms with Crippen molar-refractivity contribution in [1.82, 2.24) is 5.32 Å². The summed E-state index contributed by atoms with van der Waals surface area (Å²) in [6.07, 6.45) is 26.3. The topological polar surface area (TPSA) is 149 Å². The van der Waals surface area contributed by atoms with Crippen molar-refractivity contribution in [3.8, 4) is 0 Å². The third kappa shape index (κ3) is 21.2. The van der Waals surface area contributed by atoms with E-state index < -0.39 is 49.5 Å². The Kier molecular flexibility index (Phi) is 27.1. The van der Waals surface area contributed by atoms with Gasteiger partial charge in [-0.2, -0.15) is 0 Å². The van der Waals surface area contributed by atoms with Crippen LogP contribution in [0.3, 0.4) is 0 Å². The second kappa shape index (κ2) is 29.3. The molecule has 1 fully saturated rings. The monoisotopic (exact) mass is 668 g/mol. The van der Waals surface area contributed by atoms with Gasteiger partial charge in [0, 0.05) is 6.42 Å². The molecule has 1 heterocycles. The van der Waals surface area contributed by atoms with Crippen molar-refractivity contribution in [2.75, 3.05) is 13.2 Å². The second-order valence-electron chi connectivity index (χ2n) is 13.0. The van der Waals surface area contributed by atoms with Crippen LogP contribution in [0.4, 0.5) is 0 Å². The highest BCUT2D eigenvalue weighted by Gasteiger charge is 2.44. The van der Waals surface area contributed by atoms with Crippen molar-refractivity contribution < 1.29 is 39.8 Å². The zero-order valence-corrected chi connectivity index (χ0v) is 29.5. The van der Waals surface area contributed by atoms with Crippen LogP contribution in [0, 0.1) is 0 Å². The van der Waals surface area contributed by atoms with E-state index in [2.05, 4.69) is 43.5 Å². The molecule has 7 atom stereocenters. The Morgan fingerprint density at radius 1 is 0.702 bits per heavy atom. The fourth-order valence-electron chi connectivity index (χ4n) is 5.58. The van der Waals surface area contributed by atoms with Crippen molar-refractivity contribution in [1.29, 1.82) is 0 Å². The summed E-state index contributed by atoms with van der Waals surface area (Å²) in [4.78, 5) is 12.8. The molecule has 9 heteroatoms. The minimum absolute atomic E-state index is 0.212. The molecule has 1 aliphatic rings. The lowest BCUT2D eigenvalue weighted by Gasteiger charge is -2.40. The fraction of sp³-hybridized carbons (Fsp3) is 0.816. The number of rotatable bonds is 29. The molecule has 0 bridgehead atoms. The molecule has 0 aromatic heterocycles. The van der Waals surface area contributed by atoms with Crippen molar-refractivity contribution in [2.45, 2.75) is 185 Å². The van der Waals surface area contributed by atoms with E-state index >= 15 is 0 Å². The molecule has 1 amide bonds. The van der Waals surface area contributed by atoms with Gasteiger partial charge >= 0.3 is 0 Å². The summed E-state index contributed by atoms with van der Waals surface area (Å²) in [6, 6.07) is -0.831. The number of allylic oxidation sites excluding steroid dienone is 5. The summed E-state index contributed by atoms with van der Waals surface area (Å²) in [5.41, 5.74) is 0. The number of ether oxygens (including phenoxy) is 2. The number of amides is 1. The Morgan fingerprint density at radius 2 is 1.21 bits per heavy atom. The molecule has 0 radical (unpaired) electrons. The predicted octanol–water partition coefficient (Wildman–Crippen LogP) is 6.16. The average molecular weight is 668 g/mol. The second-order valence-corrected chi connectivity index (χ2v) is 13.0. The number of carbonyl (C=O) groups excluding carboxylic acids is 1. The van der Waals surface area contributed by atoms with Gasteiger partial charge in [-0.3, -0.25) is 4.79 Å². The van der Waals surface area contributed by atoms with Gasteiger partial charge in [0.15, 0.2) is 6.29 Å². The fourth-order valence-corrected chi connectivity index (χ4v) is 5.58. The molecule has 6 N–H and O–H groups in total. The maximum absolute atomic E-state index is 12.8. The van der Waals surface area contributed by atoms with Crippen LogP contribution in [0.2, 0.25) is 0 Å². The third-order valence-corrected chi connectivity index (χ3v) is 8.69. The molecular formula is C38H69NO8. The van der Waals surface area contributed by atoms with Crippen LogP contribution in [0.15, 0.2) is 36.5 Å². The van der Waals surface area contributed by atoms with E-state index in [1.54, 1.807) is 6.08 Å². The number of carbonyl (C=O) groups is 1. The van der Waals surface area contributed by atoms with Crippen molar-refractivity contribution in [2.24, 2.45) is 0 Å². The highest BCUT2D eigenvalue weighted by atomic mass is 16.7. The lowest BCUT2D eigenvalue weighted by Crippen LogP contribution is -2.60. The van der Waals surface area contributed by atoms with Gasteiger partial charge in [0.25, 0.3) is 0 Å². The van der Waals surface area contributed by atoms with E-state index in [9.17, 15) is 30.3 Å². The average Bonchev–Trinajstić information content (AvgIpc) is 3.07. The Labute approximate surface area is 285 Å². The van der Waals surface area contributed by atoms with Gasteiger partial charge in [0.1, 0.15) is 24.4 Å². The number of hydrogen-bond donors (Lipinski definition) is 6. The number of nitrogens with one attached hydrogen (secondary N) is 1. The van der Waals surface area contributed by atoms with Crippen LogP contribution in [-0.4, -0.2) is 87.5 Å². The van der Waals surface area contributed by atoms with Crippen molar-refractivity contribution in [3.05, 3.63) is 36.5 Å². The number of aliphatic hydroxyl groups is 5. The molecule has 0 aromatic carbocycles. The van der Waals surface area contributed by atoms with Gasteiger partial charge in [-0.1, -0.05) is 121 Å². The molecule has 1 aliphatic heterocycles. The number of hydrogen-bond acceptors (Lipinski definition) is 8. The standard InChI is InChI=1S/C38H69NO8/c1-3-5-7-9-11-13-14-15-16-17-18-20-21-23-25-27-32(41)31(30-46-38-37(45)36(44)35(43)33(29-40)47-38)39-34(42)28-26-24-22-19-12-10-8-6-4-2/h18-20,22,25,27,31-33,35-38,40-41,43-45H,3-17,21,23-24,26,28-30H2,1-2H3,(H,39,42)/b20-18+,22-19-,27-25+. The Balaban J connectivity index is 2.51. The normalized spacial score (nSPS) is 23.3. The van der Waals surface area contributed by atoms with Gasteiger partial charge < -0.3 is 40.3 Å². The summed E-state index contributed by atoms with van der Waals surface area (Å²) >= 11 is 0. The van der Waals surface area contributed by atoms with Crippen LogP contribution in [0.5, 0.6) is 0 Å². The van der Waals surface area contributed by atoms with Gasteiger partial charge in [-0.25, -0.2) is 0 Å². The molecule has 0 spiro atoms. The largest absolute Gasteiger partial charge is 0.394 e. The maximum atomic E-state index is 12.8. The molecule has 0 aromatic rings. The molecule has 47 heavy (non-hydrogen) atoms. The smallest absolute Gasteiger partial charge is 0.220 e. The highest BCUT2D eigenvalue weighted by molar-refractivity contribution is 5.76. The maximum Gasteiger partial charge on any atom is 0.220 e.